The maximum atomic E-state index is 13.5. The molecule has 138 valence electrons. The maximum Gasteiger partial charge on any atom is 0.220 e. The first-order chi connectivity index (χ1) is 12.0. The van der Waals surface area contributed by atoms with Gasteiger partial charge in [-0.2, -0.15) is 5.10 Å². The first-order valence-electron chi connectivity index (χ1n) is 7.59. The van der Waals surface area contributed by atoms with E-state index in [4.69, 9.17) is 15.2 Å². The maximum absolute atomic E-state index is 13.5. The molecule has 1 unspecified atom stereocenters. The van der Waals surface area contributed by atoms with Gasteiger partial charge in [-0.25, -0.2) is 14.4 Å². The monoisotopic (exact) mass is 379 g/mol. The summed E-state index contributed by atoms with van der Waals surface area (Å²) in [7, 11) is 3.30. The van der Waals surface area contributed by atoms with Gasteiger partial charge in [-0.3, -0.25) is 4.68 Å². The predicted octanol–water partition coefficient (Wildman–Crippen LogP) is 3.17. The molecule has 7 nitrogen and oxygen atoms in total. The smallest absolute Gasteiger partial charge is 0.220 e. The lowest BCUT2D eigenvalue weighted by Gasteiger charge is -2.18. The number of hydrogen-bond acceptors (Lipinski definition) is 6. The molecule has 26 heavy (non-hydrogen) atoms. The first kappa shape index (κ1) is 19.5. The summed E-state index contributed by atoms with van der Waals surface area (Å²) in [6.07, 6.45) is 3.89. The Morgan fingerprint density at radius 1 is 1.23 bits per heavy atom. The van der Waals surface area contributed by atoms with Crippen LogP contribution in [-0.2, 0) is 7.05 Å². The Hall–Kier alpha value is -2.87. The first-order valence-corrected chi connectivity index (χ1v) is 7.59. The number of hydrogen-bond donors (Lipinski definition) is 1. The van der Waals surface area contributed by atoms with Gasteiger partial charge in [0, 0.05) is 25.0 Å². The fourth-order valence-corrected chi connectivity index (χ4v) is 2.50. The van der Waals surface area contributed by atoms with Gasteiger partial charge >= 0.3 is 0 Å². The molecule has 0 saturated heterocycles. The van der Waals surface area contributed by atoms with Crippen LogP contribution < -0.4 is 15.2 Å². The standard InChI is InChI=1S/C17H18FN5O2.ClH/c1-10(13-7-12(18)9-21-17(13)24-3)25-15-6-11(8-20-16(15)19)14-4-5-22-23(14)2;/h4-10H,1-3H3,(H2,19,20);1H. The molecular weight excluding hydrogens is 361 g/mol. The van der Waals surface area contributed by atoms with Crippen molar-refractivity contribution in [3.05, 3.63) is 48.2 Å². The number of nitrogens with zero attached hydrogens (tertiary/aromatic N) is 4. The van der Waals surface area contributed by atoms with Gasteiger partial charge in [0.05, 0.1) is 24.6 Å². The number of aryl methyl sites for hydroxylation is 1. The van der Waals surface area contributed by atoms with Gasteiger partial charge in [0.25, 0.3) is 0 Å². The summed E-state index contributed by atoms with van der Waals surface area (Å²) >= 11 is 0. The highest BCUT2D eigenvalue weighted by Crippen LogP contribution is 2.32. The lowest BCUT2D eigenvalue weighted by atomic mass is 10.1. The van der Waals surface area contributed by atoms with E-state index in [0.29, 0.717) is 17.2 Å². The number of anilines is 1. The molecule has 2 N–H and O–H groups in total. The molecule has 0 amide bonds. The Bertz CT molecular complexity index is 903. The van der Waals surface area contributed by atoms with Crippen molar-refractivity contribution >= 4 is 18.2 Å². The summed E-state index contributed by atoms with van der Waals surface area (Å²) in [6.45, 7) is 1.76. The minimum atomic E-state index is -0.538. The molecule has 0 bridgehead atoms. The normalized spacial score (nSPS) is 11.5. The number of pyridine rings is 2. The van der Waals surface area contributed by atoms with Crippen LogP contribution in [0.4, 0.5) is 10.2 Å². The molecule has 0 spiro atoms. The molecule has 0 fully saturated rings. The molecular formula is C17H19ClFN5O2. The average Bonchev–Trinajstić information content (AvgIpc) is 3.02. The van der Waals surface area contributed by atoms with Gasteiger partial charge < -0.3 is 15.2 Å². The number of nitrogen functional groups attached to an aromatic ring is 1. The molecule has 0 aliphatic heterocycles. The molecule has 0 aromatic carbocycles. The van der Waals surface area contributed by atoms with Crippen LogP contribution in [0, 0.1) is 5.82 Å². The predicted molar refractivity (Wildman–Crippen MR) is 97.9 cm³/mol. The van der Waals surface area contributed by atoms with Gasteiger partial charge in [-0.05, 0) is 25.1 Å². The van der Waals surface area contributed by atoms with Crippen molar-refractivity contribution in [2.45, 2.75) is 13.0 Å². The Labute approximate surface area is 156 Å². The Morgan fingerprint density at radius 3 is 2.65 bits per heavy atom. The Balaban J connectivity index is 0.00000243. The highest BCUT2D eigenvalue weighted by molar-refractivity contribution is 5.85. The third kappa shape index (κ3) is 3.85. The van der Waals surface area contributed by atoms with Crippen LogP contribution in [0.5, 0.6) is 11.6 Å². The van der Waals surface area contributed by atoms with Crippen LogP contribution in [0.1, 0.15) is 18.6 Å². The SMILES string of the molecule is COc1ncc(F)cc1C(C)Oc1cc(-c2ccnn2C)cnc1N.Cl. The minimum absolute atomic E-state index is 0. The van der Waals surface area contributed by atoms with E-state index >= 15 is 0 Å². The molecule has 3 heterocycles. The largest absolute Gasteiger partial charge is 0.482 e. The third-order valence-electron chi connectivity index (χ3n) is 3.78. The van der Waals surface area contributed by atoms with Crippen LogP contribution >= 0.6 is 12.4 Å². The van der Waals surface area contributed by atoms with E-state index in [9.17, 15) is 4.39 Å². The number of nitrogens with two attached hydrogens (primary N) is 1. The minimum Gasteiger partial charge on any atom is -0.482 e. The quantitative estimate of drug-likeness (QED) is 0.732. The summed E-state index contributed by atoms with van der Waals surface area (Å²) in [5, 5.41) is 4.14. The topological polar surface area (TPSA) is 88.1 Å². The molecule has 0 aliphatic carbocycles. The zero-order valence-corrected chi connectivity index (χ0v) is 15.3. The van der Waals surface area contributed by atoms with Gasteiger partial charge in [-0.15, -0.1) is 12.4 Å². The molecule has 3 aromatic rings. The van der Waals surface area contributed by atoms with Gasteiger partial charge in [0.1, 0.15) is 11.9 Å². The van der Waals surface area contributed by atoms with E-state index in [-0.39, 0.29) is 18.2 Å². The Morgan fingerprint density at radius 2 is 2.00 bits per heavy atom. The zero-order valence-electron chi connectivity index (χ0n) is 14.5. The van der Waals surface area contributed by atoms with Crippen LogP contribution in [0.3, 0.4) is 0 Å². The van der Waals surface area contributed by atoms with Crippen molar-refractivity contribution in [2.24, 2.45) is 7.05 Å². The number of methoxy groups -OCH3 is 1. The average molecular weight is 380 g/mol. The van der Waals surface area contributed by atoms with Gasteiger partial charge in [-0.1, -0.05) is 0 Å². The summed E-state index contributed by atoms with van der Waals surface area (Å²) in [5.41, 5.74) is 8.08. The third-order valence-corrected chi connectivity index (χ3v) is 3.78. The summed E-state index contributed by atoms with van der Waals surface area (Å²) in [5.74, 6) is 0.447. The van der Waals surface area contributed by atoms with E-state index in [1.165, 1.54) is 13.2 Å². The summed E-state index contributed by atoms with van der Waals surface area (Å²) in [6, 6.07) is 4.96. The van der Waals surface area contributed by atoms with Crippen LogP contribution in [-0.4, -0.2) is 26.9 Å². The second-order valence-electron chi connectivity index (χ2n) is 5.46. The molecule has 0 aliphatic rings. The van der Waals surface area contributed by atoms with E-state index in [2.05, 4.69) is 15.1 Å². The lowest BCUT2D eigenvalue weighted by molar-refractivity contribution is 0.219. The number of aromatic nitrogens is 4. The highest BCUT2D eigenvalue weighted by atomic mass is 35.5. The van der Waals surface area contributed by atoms with Crippen molar-refractivity contribution in [3.63, 3.8) is 0 Å². The fourth-order valence-electron chi connectivity index (χ4n) is 2.50. The lowest BCUT2D eigenvalue weighted by Crippen LogP contribution is -2.09. The van der Waals surface area contributed by atoms with Crippen molar-refractivity contribution < 1.29 is 13.9 Å². The fraction of sp³-hybridized carbons (Fsp3) is 0.235. The molecule has 9 heteroatoms. The second kappa shape index (κ2) is 8.01. The molecule has 1 atom stereocenters. The van der Waals surface area contributed by atoms with Crippen LogP contribution in [0.25, 0.3) is 11.3 Å². The van der Waals surface area contributed by atoms with E-state index in [1.54, 1.807) is 30.1 Å². The molecule has 3 rings (SSSR count). The van der Waals surface area contributed by atoms with E-state index in [1.807, 2.05) is 13.1 Å². The molecule has 0 saturated carbocycles. The van der Waals surface area contributed by atoms with E-state index in [0.717, 1.165) is 17.5 Å². The van der Waals surface area contributed by atoms with Gasteiger partial charge in [0.15, 0.2) is 11.6 Å². The van der Waals surface area contributed by atoms with Crippen LogP contribution in [0.2, 0.25) is 0 Å². The van der Waals surface area contributed by atoms with Crippen LogP contribution in [0.15, 0.2) is 36.8 Å². The van der Waals surface area contributed by atoms with E-state index < -0.39 is 11.9 Å². The molecule has 3 aromatic heterocycles. The summed E-state index contributed by atoms with van der Waals surface area (Å²) in [4.78, 5) is 8.09. The number of rotatable bonds is 5. The Kier molecular flexibility index (Phi) is 5.99. The van der Waals surface area contributed by atoms with Crippen molar-refractivity contribution in [1.82, 2.24) is 19.7 Å². The highest BCUT2D eigenvalue weighted by Gasteiger charge is 2.18. The van der Waals surface area contributed by atoms with Crippen molar-refractivity contribution in [2.75, 3.05) is 12.8 Å². The number of halogens is 2. The zero-order chi connectivity index (χ0) is 18.0. The second-order valence-corrected chi connectivity index (χ2v) is 5.46. The van der Waals surface area contributed by atoms with Crippen molar-refractivity contribution in [3.8, 4) is 22.9 Å². The summed E-state index contributed by atoms with van der Waals surface area (Å²) < 4.78 is 26.3. The van der Waals surface area contributed by atoms with Gasteiger partial charge in [0.2, 0.25) is 5.88 Å². The number of ether oxygens (including phenoxy) is 2. The van der Waals surface area contributed by atoms with Crippen molar-refractivity contribution in [1.29, 1.82) is 0 Å². The molecule has 0 radical (unpaired) electrons.